The van der Waals surface area contributed by atoms with Gasteiger partial charge in [-0.05, 0) is 35.8 Å². The fraction of sp³-hybridized carbons (Fsp3) is 0.300. The van der Waals surface area contributed by atoms with Gasteiger partial charge >= 0.3 is 0 Å². The van der Waals surface area contributed by atoms with Gasteiger partial charge in [0.15, 0.2) is 0 Å². The van der Waals surface area contributed by atoms with Gasteiger partial charge in [-0.3, -0.25) is 0 Å². The Bertz CT molecular complexity index is 507. The second-order valence-electron chi connectivity index (χ2n) is 3.60. The topological polar surface area (TPSA) is 76.7 Å². The normalized spacial score (nSPS) is 12.4. The Hall–Kier alpha value is -1.21. The standard InChI is InChI=1S/C10H12BrN5S/c1-5(8-3-7(11)4-17-8)13-10-15-6(2)14-9(12)16-10/h3-5H,1-2H3,(H3,12,13,14,15,16). The highest BCUT2D eigenvalue weighted by molar-refractivity contribution is 9.10. The number of nitrogens with one attached hydrogen (secondary N) is 1. The van der Waals surface area contributed by atoms with Gasteiger partial charge in [0, 0.05) is 14.7 Å². The van der Waals surface area contributed by atoms with E-state index in [0.29, 0.717) is 11.8 Å². The number of aromatic nitrogens is 3. The zero-order valence-corrected chi connectivity index (χ0v) is 11.8. The molecule has 0 bridgehead atoms. The lowest BCUT2D eigenvalue weighted by Gasteiger charge is -2.12. The maximum absolute atomic E-state index is 5.57. The highest BCUT2D eigenvalue weighted by Gasteiger charge is 2.10. The molecule has 0 aliphatic carbocycles. The number of rotatable bonds is 3. The monoisotopic (exact) mass is 313 g/mol. The average Bonchev–Trinajstić information content (AvgIpc) is 2.63. The van der Waals surface area contributed by atoms with Crippen molar-refractivity contribution in [1.82, 2.24) is 15.0 Å². The third kappa shape index (κ3) is 3.13. The van der Waals surface area contributed by atoms with Crippen molar-refractivity contribution in [3.8, 4) is 0 Å². The van der Waals surface area contributed by atoms with Gasteiger partial charge in [0.25, 0.3) is 0 Å². The third-order valence-corrected chi connectivity index (χ3v) is 4.00. The van der Waals surface area contributed by atoms with E-state index in [9.17, 15) is 0 Å². The molecule has 0 radical (unpaired) electrons. The van der Waals surface area contributed by atoms with E-state index >= 15 is 0 Å². The van der Waals surface area contributed by atoms with E-state index in [4.69, 9.17) is 5.73 Å². The first-order chi connectivity index (χ1) is 8.04. The molecule has 2 heterocycles. The summed E-state index contributed by atoms with van der Waals surface area (Å²) >= 11 is 5.10. The minimum absolute atomic E-state index is 0.132. The molecule has 0 amide bonds. The first kappa shape index (κ1) is 12.3. The van der Waals surface area contributed by atoms with Crippen molar-refractivity contribution < 1.29 is 0 Å². The molecular formula is C10H12BrN5S. The van der Waals surface area contributed by atoms with Crippen molar-refractivity contribution in [3.63, 3.8) is 0 Å². The zero-order chi connectivity index (χ0) is 12.4. The number of halogens is 1. The minimum atomic E-state index is 0.132. The van der Waals surface area contributed by atoms with Gasteiger partial charge in [-0.15, -0.1) is 11.3 Å². The molecular weight excluding hydrogens is 302 g/mol. The fourth-order valence-electron chi connectivity index (χ4n) is 1.39. The molecule has 3 N–H and O–H groups in total. The van der Waals surface area contributed by atoms with Gasteiger partial charge in [-0.25, -0.2) is 0 Å². The summed E-state index contributed by atoms with van der Waals surface area (Å²) in [5.74, 6) is 1.35. The second kappa shape index (κ2) is 4.97. The van der Waals surface area contributed by atoms with Crippen LogP contribution in [0.3, 0.4) is 0 Å². The van der Waals surface area contributed by atoms with Crippen LogP contribution < -0.4 is 11.1 Å². The maximum atomic E-state index is 5.57. The number of hydrogen-bond acceptors (Lipinski definition) is 6. The summed E-state index contributed by atoms with van der Waals surface area (Å²) in [5.41, 5.74) is 5.57. The number of thiophene rings is 1. The van der Waals surface area contributed by atoms with Crippen molar-refractivity contribution in [2.45, 2.75) is 19.9 Å². The van der Waals surface area contributed by atoms with Crippen LogP contribution in [0.4, 0.5) is 11.9 Å². The summed E-state index contributed by atoms with van der Waals surface area (Å²) in [6, 6.07) is 2.20. The van der Waals surface area contributed by atoms with Crippen LogP contribution >= 0.6 is 27.3 Å². The molecule has 0 aliphatic heterocycles. The molecule has 0 fully saturated rings. The summed E-state index contributed by atoms with van der Waals surface area (Å²) in [7, 11) is 0. The maximum Gasteiger partial charge on any atom is 0.228 e. The van der Waals surface area contributed by atoms with Gasteiger partial charge < -0.3 is 11.1 Å². The molecule has 17 heavy (non-hydrogen) atoms. The summed E-state index contributed by atoms with van der Waals surface area (Å²) in [6.45, 7) is 3.84. The Balaban J connectivity index is 2.15. The van der Waals surface area contributed by atoms with Crippen LogP contribution in [0.25, 0.3) is 0 Å². The molecule has 2 aromatic rings. The average molecular weight is 314 g/mol. The number of aryl methyl sites for hydroxylation is 1. The Morgan fingerprint density at radius 2 is 2.18 bits per heavy atom. The largest absolute Gasteiger partial charge is 0.368 e. The molecule has 0 saturated carbocycles. The van der Waals surface area contributed by atoms with Gasteiger partial charge in [-0.1, -0.05) is 0 Å². The number of nitrogen functional groups attached to an aromatic ring is 1. The number of anilines is 2. The van der Waals surface area contributed by atoms with Crippen LogP contribution in [0.15, 0.2) is 15.9 Å². The van der Waals surface area contributed by atoms with Crippen LogP contribution in [-0.4, -0.2) is 15.0 Å². The van der Waals surface area contributed by atoms with Crippen LogP contribution in [0.2, 0.25) is 0 Å². The van der Waals surface area contributed by atoms with E-state index in [1.54, 1.807) is 18.3 Å². The second-order valence-corrected chi connectivity index (χ2v) is 5.46. The van der Waals surface area contributed by atoms with Crippen molar-refractivity contribution in [1.29, 1.82) is 0 Å². The predicted molar refractivity (Wildman–Crippen MR) is 73.0 cm³/mol. The van der Waals surface area contributed by atoms with Crippen LogP contribution in [0, 0.1) is 6.92 Å². The van der Waals surface area contributed by atoms with E-state index in [-0.39, 0.29) is 12.0 Å². The molecule has 90 valence electrons. The summed E-state index contributed by atoms with van der Waals surface area (Å²) < 4.78 is 1.08. The Morgan fingerprint density at radius 1 is 1.41 bits per heavy atom. The van der Waals surface area contributed by atoms with Crippen LogP contribution in [-0.2, 0) is 0 Å². The molecule has 7 heteroatoms. The van der Waals surface area contributed by atoms with Crippen molar-refractivity contribution >= 4 is 39.2 Å². The van der Waals surface area contributed by atoms with Gasteiger partial charge in [0.2, 0.25) is 11.9 Å². The number of nitrogens with two attached hydrogens (primary N) is 1. The van der Waals surface area contributed by atoms with Gasteiger partial charge in [0.1, 0.15) is 5.82 Å². The highest BCUT2D eigenvalue weighted by atomic mass is 79.9. The van der Waals surface area contributed by atoms with Gasteiger partial charge in [0.05, 0.1) is 6.04 Å². The first-order valence-electron chi connectivity index (χ1n) is 5.03. The SMILES string of the molecule is Cc1nc(N)nc(NC(C)c2cc(Br)cs2)n1. The van der Waals surface area contributed by atoms with E-state index in [1.807, 2.05) is 12.3 Å². The number of hydrogen-bond donors (Lipinski definition) is 2. The smallest absolute Gasteiger partial charge is 0.228 e. The Morgan fingerprint density at radius 3 is 2.76 bits per heavy atom. The molecule has 0 spiro atoms. The van der Waals surface area contributed by atoms with Crippen molar-refractivity contribution in [2.24, 2.45) is 0 Å². The molecule has 1 unspecified atom stereocenters. The molecule has 0 saturated heterocycles. The molecule has 2 rings (SSSR count). The molecule has 2 aromatic heterocycles. The zero-order valence-electron chi connectivity index (χ0n) is 9.44. The molecule has 5 nitrogen and oxygen atoms in total. The Labute approximate surface area is 112 Å². The van der Waals surface area contributed by atoms with Crippen LogP contribution in [0.1, 0.15) is 23.7 Å². The fourth-order valence-corrected chi connectivity index (χ4v) is 2.84. The summed E-state index contributed by atoms with van der Waals surface area (Å²) in [4.78, 5) is 13.4. The molecule has 0 aliphatic rings. The third-order valence-electron chi connectivity index (χ3n) is 2.12. The minimum Gasteiger partial charge on any atom is -0.368 e. The molecule has 0 aromatic carbocycles. The van der Waals surface area contributed by atoms with Crippen molar-refractivity contribution in [2.75, 3.05) is 11.1 Å². The lowest BCUT2D eigenvalue weighted by atomic mass is 10.3. The highest BCUT2D eigenvalue weighted by Crippen LogP contribution is 2.27. The lowest BCUT2D eigenvalue weighted by molar-refractivity contribution is 0.863. The van der Waals surface area contributed by atoms with Crippen molar-refractivity contribution in [3.05, 3.63) is 26.6 Å². The van der Waals surface area contributed by atoms with E-state index < -0.39 is 0 Å². The van der Waals surface area contributed by atoms with E-state index in [0.717, 1.165) is 4.47 Å². The quantitative estimate of drug-likeness (QED) is 0.911. The van der Waals surface area contributed by atoms with Gasteiger partial charge in [-0.2, -0.15) is 15.0 Å². The molecule has 1 atom stereocenters. The Kier molecular flexibility index (Phi) is 3.58. The summed E-state index contributed by atoms with van der Waals surface area (Å²) in [6.07, 6.45) is 0. The predicted octanol–water partition coefficient (Wildman–Crippen LogP) is 2.76. The number of nitrogens with zero attached hydrogens (tertiary/aromatic N) is 3. The summed E-state index contributed by atoms with van der Waals surface area (Å²) in [5, 5.41) is 5.24. The lowest BCUT2D eigenvalue weighted by Crippen LogP contribution is -2.11. The van der Waals surface area contributed by atoms with E-state index in [1.165, 1.54) is 4.88 Å². The van der Waals surface area contributed by atoms with Crippen LogP contribution in [0.5, 0.6) is 0 Å². The first-order valence-corrected chi connectivity index (χ1v) is 6.70. The van der Waals surface area contributed by atoms with E-state index in [2.05, 4.69) is 42.3 Å².